The zero-order chi connectivity index (χ0) is 15.6. The van der Waals surface area contributed by atoms with Crippen LogP contribution >= 0.6 is 15.9 Å². The van der Waals surface area contributed by atoms with Crippen LogP contribution < -0.4 is 5.32 Å². The van der Waals surface area contributed by atoms with Crippen LogP contribution in [0.5, 0.6) is 0 Å². The Kier molecular flexibility index (Phi) is 4.70. The second-order valence-corrected chi connectivity index (χ2v) is 6.72. The molecule has 0 aliphatic carbocycles. The zero-order valence-corrected chi connectivity index (χ0v) is 14.3. The van der Waals surface area contributed by atoms with E-state index in [1.54, 1.807) is 0 Å². The molecule has 6 heteroatoms. The number of amides is 1. The maximum atomic E-state index is 12.3. The molecule has 2 heterocycles. The van der Waals surface area contributed by atoms with Gasteiger partial charge in [-0.2, -0.15) is 0 Å². The van der Waals surface area contributed by atoms with E-state index in [4.69, 9.17) is 9.47 Å². The predicted molar refractivity (Wildman–Crippen MR) is 87.8 cm³/mol. The highest BCUT2D eigenvalue weighted by Crippen LogP contribution is 2.31. The van der Waals surface area contributed by atoms with Crippen molar-refractivity contribution in [1.29, 1.82) is 0 Å². The van der Waals surface area contributed by atoms with E-state index in [2.05, 4.69) is 21.2 Å². The predicted octanol–water partition coefficient (Wildman–Crippen LogP) is 2.53. The largest absolute Gasteiger partial charge is 0.376 e. The van der Waals surface area contributed by atoms with Gasteiger partial charge in [-0.05, 0) is 30.7 Å². The lowest BCUT2D eigenvalue weighted by atomic mass is 10.0. The fourth-order valence-corrected chi connectivity index (χ4v) is 3.47. The number of halogens is 1. The molecule has 2 fully saturated rings. The average molecular weight is 369 g/mol. The summed E-state index contributed by atoms with van der Waals surface area (Å²) >= 11 is 3.44. The molecular weight excluding hydrogens is 348 g/mol. The molecule has 0 saturated carbocycles. The number of ether oxygens (including phenoxy) is 2. The summed E-state index contributed by atoms with van der Waals surface area (Å²) in [6.45, 7) is 5.06. The second kappa shape index (κ2) is 6.56. The highest BCUT2D eigenvalue weighted by atomic mass is 79.9. The summed E-state index contributed by atoms with van der Waals surface area (Å²) in [5, 5.41) is 3.22. The number of hydrogen-bond acceptors (Lipinski definition) is 4. The molecule has 1 aromatic rings. The molecule has 5 nitrogen and oxygen atoms in total. The molecular formula is C16H21BrN2O3. The topological polar surface area (TPSA) is 50.8 Å². The van der Waals surface area contributed by atoms with E-state index in [0.29, 0.717) is 32.8 Å². The van der Waals surface area contributed by atoms with Crippen LogP contribution in [0, 0.1) is 6.92 Å². The minimum Gasteiger partial charge on any atom is -0.376 e. The van der Waals surface area contributed by atoms with Crippen LogP contribution in [0.3, 0.4) is 0 Å². The van der Waals surface area contributed by atoms with Crippen molar-refractivity contribution in [2.45, 2.75) is 25.6 Å². The van der Waals surface area contributed by atoms with Crippen LogP contribution in [0.4, 0.5) is 5.69 Å². The van der Waals surface area contributed by atoms with Gasteiger partial charge in [-0.3, -0.25) is 4.79 Å². The van der Waals surface area contributed by atoms with Crippen LogP contribution in [-0.4, -0.2) is 49.4 Å². The summed E-state index contributed by atoms with van der Waals surface area (Å²) < 4.78 is 12.4. The SMILES string of the molecule is Cc1cc(Br)ccc1NCC(=O)N1CCC2(CC1)OCCO2. The molecule has 3 rings (SSSR count). The number of hydrogen-bond donors (Lipinski definition) is 1. The molecule has 0 aromatic heterocycles. The summed E-state index contributed by atoms with van der Waals surface area (Å²) in [7, 11) is 0. The average Bonchev–Trinajstić information content (AvgIpc) is 2.95. The van der Waals surface area contributed by atoms with Crippen molar-refractivity contribution in [3.63, 3.8) is 0 Å². The molecule has 1 aromatic carbocycles. The Morgan fingerprint density at radius 3 is 2.64 bits per heavy atom. The molecule has 2 saturated heterocycles. The van der Waals surface area contributed by atoms with Gasteiger partial charge < -0.3 is 19.7 Å². The number of anilines is 1. The van der Waals surface area contributed by atoms with Gasteiger partial charge in [0.15, 0.2) is 5.79 Å². The van der Waals surface area contributed by atoms with Gasteiger partial charge >= 0.3 is 0 Å². The number of likely N-dealkylation sites (tertiary alicyclic amines) is 1. The first-order valence-electron chi connectivity index (χ1n) is 7.64. The Morgan fingerprint density at radius 1 is 1.32 bits per heavy atom. The Morgan fingerprint density at radius 2 is 2.00 bits per heavy atom. The summed E-state index contributed by atoms with van der Waals surface area (Å²) in [6.07, 6.45) is 1.52. The van der Waals surface area contributed by atoms with Gasteiger partial charge in [-0.15, -0.1) is 0 Å². The van der Waals surface area contributed by atoms with E-state index in [1.165, 1.54) is 0 Å². The summed E-state index contributed by atoms with van der Waals surface area (Å²) in [6, 6.07) is 5.99. The number of aryl methyl sites for hydroxylation is 1. The number of carbonyl (C=O) groups is 1. The third-order valence-electron chi connectivity index (χ3n) is 4.31. The number of carbonyl (C=O) groups excluding carboxylic acids is 1. The van der Waals surface area contributed by atoms with E-state index in [1.807, 2.05) is 30.0 Å². The monoisotopic (exact) mass is 368 g/mol. The fraction of sp³-hybridized carbons (Fsp3) is 0.562. The lowest BCUT2D eigenvalue weighted by Crippen LogP contribution is -2.48. The van der Waals surface area contributed by atoms with Crippen molar-refractivity contribution < 1.29 is 14.3 Å². The molecule has 2 aliphatic heterocycles. The number of nitrogens with zero attached hydrogens (tertiary/aromatic N) is 1. The van der Waals surface area contributed by atoms with E-state index < -0.39 is 5.79 Å². The summed E-state index contributed by atoms with van der Waals surface area (Å²) in [4.78, 5) is 14.2. The van der Waals surface area contributed by atoms with Crippen molar-refractivity contribution in [3.05, 3.63) is 28.2 Å². The van der Waals surface area contributed by atoms with E-state index >= 15 is 0 Å². The summed E-state index contributed by atoms with van der Waals surface area (Å²) in [5.41, 5.74) is 2.11. The van der Waals surface area contributed by atoms with Crippen molar-refractivity contribution in [2.24, 2.45) is 0 Å². The van der Waals surface area contributed by atoms with Gasteiger partial charge in [0.2, 0.25) is 5.91 Å². The Bertz CT molecular complexity index is 548. The quantitative estimate of drug-likeness (QED) is 0.890. The van der Waals surface area contributed by atoms with E-state index in [-0.39, 0.29) is 5.91 Å². The van der Waals surface area contributed by atoms with Crippen molar-refractivity contribution in [3.8, 4) is 0 Å². The number of piperidine rings is 1. The number of rotatable bonds is 3. The highest BCUT2D eigenvalue weighted by Gasteiger charge is 2.40. The van der Waals surface area contributed by atoms with Crippen LogP contribution in [-0.2, 0) is 14.3 Å². The Hall–Kier alpha value is -1.11. The summed E-state index contributed by atoms with van der Waals surface area (Å²) in [5.74, 6) is -0.304. The first kappa shape index (κ1) is 15.8. The molecule has 0 radical (unpaired) electrons. The van der Waals surface area contributed by atoms with Gasteiger partial charge in [0, 0.05) is 36.1 Å². The van der Waals surface area contributed by atoms with Crippen LogP contribution in [0.1, 0.15) is 18.4 Å². The van der Waals surface area contributed by atoms with Crippen LogP contribution in [0.15, 0.2) is 22.7 Å². The van der Waals surface area contributed by atoms with Gasteiger partial charge in [-0.1, -0.05) is 15.9 Å². The molecule has 22 heavy (non-hydrogen) atoms. The third kappa shape index (κ3) is 3.45. The van der Waals surface area contributed by atoms with Gasteiger partial charge in [0.1, 0.15) is 0 Å². The maximum Gasteiger partial charge on any atom is 0.241 e. The van der Waals surface area contributed by atoms with Crippen LogP contribution in [0.25, 0.3) is 0 Å². The standard InChI is InChI=1S/C16H21BrN2O3/c1-12-10-13(17)2-3-14(12)18-11-15(20)19-6-4-16(5-7-19)21-8-9-22-16/h2-3,10,18H,4-9,11H2,1H3. The van der Waals surface area contributed by atoms with Crippen molar-refractivity contribution in [2.75, 3.05) is 38.2 Å². The lowest BCUT2D eigenvalue weighted by molar-refractivity contribution is -0.187. The Labute approximate surface area is 139 Å². The second-order valence-electron chi connectivity index (χ2n) is 5.80. The number of nitrogens with one attached hydrogen (secondary N) is 1. The van der Waals surface area contributed by atoms with Gasteiger partial charge in [0.25, 0.3) is 0 Å². The van der Waals surface area contributed by atoms with Crippen LogP contribution in [0.2, 0.25) is 0 Å². The molecule has 1 amide bonds. The minimum absolute atomic E-state index is 0.121. The van der Waals surface area contributed by atoms with E-state index in [9.17, 15) is 4.79 Å². The highest BCUT2D eigenvalue weighted by molar-refractivity contribution is 9.10. The van der Waals surface area contributed by atoms with Crippen molar-refractivity contribution in [1.82, 2.24) is 4.90 Å². The minimum atomic E-state index is -0.424. The zero-order valence-electron chi connectivity index (χ0n) is 12.7. The molecule has 1 N–H and O–H groups in total. The molecule has 0 unspecified atom stereocenters. The molecule has 1 spiro atoms. The van der Waals surface area contributed by atoms with E-state index in [0.717, 1.165) is 28.6 Å². The molecule has 120 valence electrons. The smallest absolute Gasteiger partial charge is 0.241 e. The van der Waals surface area contributed by atoms with Gasteiger partial charge in [0.05, 0.1) is 19.8 Å². The normalized spacial score (nSPS) is 20.4. The fourth-order valence-electron chi connectivity index (χ4n) is 2.99. The van der Waals surface area contributed by atoms with Crippen molar-refractivity contribution >= 4 is 27.5 Å². The number of benzene rings is 1. The Balaban J connectivity index is 1.50. The van der Waals surface area contributed by atoms with Gasteiger partial charge in [-0.25, -0.2) is 0 Å². The molecule has 0 bridgehead atoms. The third-order valence-corrected chi connectivity index (χ3v) is 4.80. The maximum absolute atomic E-state index is 12.3. The molecule has 2 aliphatic rings. The first-order valence-corrected chi connectivity index (χ1v) is 8.43. The lowest BCUT2D eigenvalue weighted by Gasteiger charge is -2.37. The first-order chi connectivity index (χ1) is 10.6. The molecule has 0 atom stereocenters.